The Balaban J connectivity index is 1.83. The topological polar surface area (TPSA) is 127 Å². The second-order valence-corrected chi connectivity index (χ2v) is 9.36. The molecule has 2 amide bonds. The van der Waals surface area contributed by atoms with Gasteiger partial charge in [0.15, 0.2) is 0 Å². The first kappa shape index (κ1) is 22.6. The average Bonchev–Trinajstić information content (AvgIpc) is 3.67. The summed E-state index contributed by atoms with van der Waals surface area (Å²) in [4.78, 5) is 32.9. The number of carbonyl (C=O) groups excluding carboxylic acids is 2. The smallest absolute Gasteiger partial charge is 0.235 e. The van der Waals surface area contributed by atoms with Crippen LogP contribution in [0.4, 0.5) is 5.82 Å². The van der Waals surface area contributed by atoms with Crippen molar-refractivity contribution < 1.29 is 9.59 Å². The number of likely N-dealkylation sites (N-methyl/N-ethyl adjacent to an activating group) is 1. The van der Waals surface area contributed by atoms with Crippen LogP contribution in [0.3, 0.4) is 0 Å². The number of anilines is 1. The van der Waals surface area contributed by atoms with Gasteiger partial charge in [0.2, 0.25) is 11.8 Å². The molecule has 1 aliphatic carbocycles. The number of primary amides is 1. The van der Waals surface area contributed by atoms with Gasteiger partial charge in [-0.15, -0.1) is 0 Å². The van der Waals surface area contributed by atoms with Gasteiger partial charge in [-0.05, 0) is 29.9 Å². The van der Waals surface area contributed by atoms with E-state index in [0.29, 0.717) is 53.6 Å². The van der Waals surface area contributed by atoms with Gasteiger partial charge >= 0.3 is 0 Å². The van der Waals surface area contributed by atoms with Crippen molar-refractivity contribution in [3.05, 3.63) is 52.6 Å². The van der Waals surface area contributed by atoms with E-state index in [4.69, 9.17) is 10.7 Å². The summed E-state index contributed by atoms with van der Waals surface area (Å²) < 4.78 is 0. The zero-order chi connectivity index (χ0) is 23.5. The van der Waals surface area contributed by atoms with Crippen molar-refractivity contribution in [3.63, 3.8) is 0 Å². The summed E-state index contributed by atoms with van der Waals surface area (Å²) in [6, 6.07) is 13.7. The largest absolute Gasteiger partial charge is 0.368 e. The highest BCUT2D eigenvalue weighted by Crippen LogP contribution is 2.48. The molecule has 2 aliphatic rings. The highest BCUT2D eigenvalue weighted by Gasteiger charge is 2.35. The molecule has 1 saturated carbocycles. The second kappa shape index (κ2) is 9.51. The Morgan fingerprint density at radius 3 is 2.45 bits per heavy atom. The number of amides is 2. The molecule has 4 rings (SSSR count). The molecule has 0 spiro atoms. The zero-order valence-corrected chi connectivity index (χ0v) is 19.1. The molecule has 33 heavy (non-hydrogen) atoms. The van der Waals surface area contributed by atoms with Crippen molar-refractivity contribution in [2.75, 3.05) is 31.6 Å². The number of thioether (sulfide) groups is 1. The Morgan fingerprint density at radius 2 is 1.85 bits per heavy atom. The third kappa shape index (κ3) is 4.64. The number of nitrogens with zero attached hydrogens (tertiary/aromatic N) is 5. The van der Waals surface area contributed by atoms with Crippen LogP contribution in [0.5, 0.6) is 0 Å². The number of nitriles is 2. The van der Waals surface area contributed by atoms with Crippen LogP contribution >= 0.6 is 11.8 Å². The van der Waals surface area contributed by atoms with Crippen molar-refractivity contribution in [2.24, 2.45) is 5.73 Å². The number of nitrogens with two attached hydrogens (primary N) is 1. The lowest BCUT2D eigenvalue weighted by molar-refractivity contribution is -0.129. The molecule has 168 valence electrons. The first-order valence-corrected chi connectivity index (χ1v) is 11.7. The van der Waals surface area contributed by atoms with Crippen LogP contribution in [-0.4, -0.2) is 48.4 Å². The summed E-state index contributed by atoms with van der Waals surface area (Å²) in [6.45, 7) is 1.48. The lowest BCUT2D eigenvalue weighted by Gasteiger charge is -2.25. The van der Waals surface area contributed by atoms with Gasteiger partial charge in [0.1, 0.15) is 28.2 Å². The molecule has 2 heterocycles. The molecule has 0 bridgehead atoms. The van der Waals surface area contributed by atoms with Crippen LogP contribution in [0.2, 0.25) is 0 Å². The lowest BCUT2D eigenvalue weighted by atomic mass is 9.99. The Morgan fingerprint density at radius 1 is 1.15 bits per heavy atom. The monoisotopic (exact) mass is 460 g/mol. The summed E-state index contributed by atoms with van der Waals surface area (Å²) in [5, 5.41) is 19.8. The van der Waals surface area contributed by atoms with Gasteiger partial charge in [0, 0.05) is 33.1 Å². The minimum absolute atomic E-state index is 0.0412. The van der Waals surface area contributed by atoms with E-state index in [-0.39, 0.29) is 11.8 Å². The first-order valence-electron chi connectivity index (χ1n) is 10.8. The third-order valence-corrected chi connectivity index (χ3v) is 7.27. The average molecular weight is 461 g/mol. The highest BCUT2D eigenvalue weighted by atomic mass is 32.2. The fraction of sp³-hybridized carbons (Fsp3) is 0.375. The van der Waals surface area contributed by atoms with Crippen LogP contribution < -0.4 is 10.6 Å². The predicted molar refractivity (Wildman–Crippen MR) is 124 cm³/mol. The summed E-state index contributed by atoms with van der Waals surface area (Å²) in [5.41, 5.74) is 7.89. The number of hydrogen-bond acceptors (Lipinski definition) is 7. The minimum Gasteiger partial charge on any atom is -0.368 e. The Hall–Kier alpha value is -3.56. The molecule has 1 aliphatic heterocycles. The number of benzene rings is 1. The molecular weight excluding hydrogens is 436 g/mol. The highest BCUT2D eigenvalue weighted by molar-refractivity contribution is 8.00. The van der Waals surface area contributed by atoms with E-state index >= 15 is 0 Å². The summed E-state index contributed by atoms with van der Waals surface area (Å²) >= 11 is 1.14. The number of hydrogen-bond donors (Lipinski definition) is 1. The van der Waals surface area contributed by atoms with Crippen molar-refractivity contribution >= 4 is 29.4 Å². The van der Waals surface area contributed by atoms with Gasteiger partial charge in [-0.1, -0.05) is 42.1 Å². The maximum Gasteiger partial charge on any atom is 0.235 e. The maximum absolute atomic E-state index is 12.3. The second-order valence-electron chi connectivity index (χ2n) is 8.27. The van der Waals surface area contributed by atoms with E-state index in [1.807, 2.05) is 35.2 Å². The Kier molecular flexibility index (Phi) is 6.52. The third-order valence-electron chi connectivity index (χ3n) is 6.01. The normalized spacial score (nSPS) is 17.1. The molecular formula is C24H24N6O2S. The van der Waals surface area contributed by atoms with Crippen LogP contribution in [0, 0.1) is 22.7 Å². The van der Waals surface area contributed by atoms with Gasteiger partial charge in [0.05, 0.1) is 11.1 Å². The number of carbonyl (C=O) groups is 2. The molecule has 1 unspecified atom stereocenters. The molecule has 1 aromatic heterocycles. The first-order chi connectivity index (χ1) is 15.9. The quantitative estimate of drug-likeness (QED) is 0.657. The maximum atomic E-state index is 12.3. The number of aromatic nitrogens is 1. The molecule has 1 atom stereocenters. The molecule has 8 nitrogen and oxygen atoms in total. The van der Waals surface area contributed by atoms with Gasteiger partial charge in [-0.2, -0.15) is 10.5 Å². The van der Waals surface area contributed by atoms with Crippen LogP contribution in [-0.2, 0) is 9.59 Å². The van der Waals surface area contributed by atoms with E-state index in [9.17, 15) is 20.1 Å². The van der Waals surface area contributed by atoms with Crippen molar-refractivity contribution in [3.8, 4) is 12.1 Å². The fourth-order valence-corrected chi connectivity index (χ4v) is 5.10. The molecule has 1 saturated heterocycles. The minimum atomic E-state index is -0.726. The molecule has 9 heteroatoms. The molecule has 2 N–H and O–H groups in total. The van der Waals surface area contributed by atoms with E-state index < -0.39 is 11.2 Å². The fourth-order valence-electron chi connectivity index (χ4n) is 4.05. The van der Waals surface area contributed by atoms with E-state index in [1.165, 1.54) is 0 Å². The van der Waals surface area contributed by atoms with Crippen molar-refractivity contribution in [1.82, 2.24) is 9.88 Å². The molecule has 2 fully saturated rings. The molecule has 2 aromatic rings. The summed E-state index contributed by atoms with van der Waals surface area (Å²) in [5.74, 6) is 0.105. The zero-order valence-electron chi connectivity index (χ0n) is 18.3. The SMILES string of the molecule is CN1CCN(c2nc(SC(C(N)=O)c3ccccc3)c(C#N)c(C3CC3)c2C#N)CCC1=O. The Labute approximate surface area is 197 Å². The van der Waals surface area contributed by atoms with Crippen LogP contribution in [0.25, 0.3) is 0 Å². The van der Waals surface area contributed by atoms with Gasteiger partial charge < -0.3 is 15.5 Å². The number of rotatable bonds is 6. The Bertz CT molecular complexity index is 1170. The van der Waals surface area contributed by atoms with E-state index in [2.05, 4.69) is 12.1 Å². The lowest BCUT2D eigenvalue weighted by Crippen LogP contribution is -2.31. The standard InChI is InChI=1S/C24H24N6O2S/c1-29-11-12-30(10-9-19(29)31)23-17(13-25)20(15-7-8-15)18(14-26)24(28-23)33-21(22(27)32)16-5-3-2-4-6-16/h2-6,15,21H,7-12H2,1H3,(H2,27,32). The predicted octanol–water partition coefficient (Wildman–Crippen LogP) is 2.69. The molecule has 0 radical (unpaired) electrons. The number of pyridine rings is 1. The van der Waals surface area contributed by atoms with Crippen LogP contribution in [0.1, 0.15) is 52.7 Å². The molecule has 1 aromatic carbocycles. The van der Waals surface area contributed by atoms with Gasteiger partial charge in [-0.25, -0.2) is 4.98 Å². The summed E-state index contributed by atoms with van der Waals surface area (Å²) in [7, 11) is 1.76. The van der Waals surface area contributed by atoms with Gasteiger partial charge in [-0.3, -0.25) is 9.59 Å². The van der Waals surface area contributed by atoms with E-state index in [0.717, 1.165) is 30.2 Å². The van der Waals surface area contributed by atoms with Crippen molar-refractivity contribution in [2.45, 2.75) is 35.5 Å². The van der Waals surface area contributed by atoms with Gasteiger partial charge in [0.25, 0.3) is 0 Å². The summed E-state index contributed by atoms with van der Waals surface area (Å²) in [6.07, 6.45) is 2.12. The van der Waals surface area contributed by atoms with Crippen molar-refractivity contribution in [1.29, 1.82) is 10.5 Å². The van der Waals surface area contributed by atoms with Crippen LogP contribution in [0.15, 0.2) is 35.4 Å². The van der Waals surface area contributed by atoms with E-state index in [1.54, 1.807) is 11.9 Å².